The third-order valence-corrected chi connectivity index (χ3v) is 3.35. The number of hydrogen-bond donors (Lipinski definition) is 1. The van der Waals surface area contributed by atoms with Gasteiger partial charge in [-0.25, -0.2) is 4.79 Å². The molecular weight excluding hydrogens is 258 g/mol. The van der Waals surface area contributed by atoms with Crippen molar-refractivity contribution in [1.82, 2.24) is 10.3 Å². The highest BCUT2D eigenvalue weighted by Gasteiger charge is 2.32. The lowest BCUT2D eigenvalue weighted by Gasteiger charge is -2.25. The third kappa shape index (κ3) is 2.89. The van der Waals surface area contributed by atoms with Crippen LogP contribution >= 0.6 is 0 Å². The maximum Gasteiger partial charge on any atom is 0.328 e. The summed E-state index contributed by atoms with van der Waals surface area (Å²) in [6.45, 7) is 2.96. The molecule has 20 heavy (non-hydrogen) atoms. The van der Waals surface area contributed by atoms with Crippen LogP contribution in [0.25, 0.3) is 0 Å². The number of aromatic nitrogens is 1. The second-order valence-electron chi connectivity index (χ2n) is 4.58. The van der Waals surface area contributed by atoms with E-state index < -0.39 is 0 Å². The Morgan fingerprint density at radius 3 is 3.05 bits per heavy atom. The number of esters is 1. The maximum absolute atomic E-state index is 11.9. The molecular formula is C14H19N3O3. The Balaban J connectivity index is 2.21. The zero-order valence-electron chi connectivity index (χ0n) is 11.8. The molecule has 6 heteroatoms. The van der Waals surface area contributed by atoms with Gasteiger partial charge in [0.15, 0.2) is 0 Å². The van der Waals surface area contributed by atoms with E-state index in [0.29, 0.717) is 12.3 Å². The minimum absolute atomic E-state index is 0.205. The highest BCUT2D eigenvalue weighted by atomic mass is 16.5. The summed E-state index contributed by atoms with van der Waals surface area (Å²) >= 11 is 0. The van der Waals surface area contributed by atoms with Gasteiger partial charge in [-0.3, -0.25) is 9.78 Å². The number of hydrogen-bond acceptors (Lipinski definition) is 5. The standard InChI is InChI=1S/C14H19N3O3/c1-3-20-14(19)12-5-4-8-17(12)10-6-7-16-11(9-10)13(18)15-2/h6-7,9,12H,3-5,8H2,1-2H3,(H,15,18). The Labute approximate surface area is 118 Å². The third-order valence-electron chi connectivity index (χ3n) is 3.35. The molecule has 0 aromatic carbocycles. The highest BCUT2D eigenvalue weighted by Crippen LogP contribution is 2.26. The van der Waals surface area contributed by atoms with Crippen LogP contribution in [0.2, 0.25) is 0 Å². The molecule has 1 unspecified atom stereocenters. The molecule has 1 aliphatic rings. The van der Waals surface area contributed by atoms with Crippen LogP contribution in [0, 0.1) is 0 Å². The fourth-order valence-corrected chi connectivity index (χ4v) is 2.41. The summed E-state index contributed by atoms with van der Waals surface area (Å²) in [5, 5.41) is 2.54. The van der Waals surface area contributed by atoms with Gasteiger partial charge in [-0.05, 0) is 31.9 Å². The molecule has 108 valence electrons. The van der Waals surface area contributed by atoms with Crippen molar-refractivity contribution in [3.8, 4) is 0 Å². The van der Waals surface area contributed by atoms with E-state index in [0.717, 1.165) is 25.1 Å². The zero-order chi connectivity index (χ0) is 14.5. The fourth-order valence-electron chi connectivity index (χ4n) is 2.41. The summed E-state index contributed by atoms with van der Waals surface area (Å²) in [6.07, 6.45) is 3.29. The number of carbonyl (C=O) groups excluding carboxylic acids is 2. The second kappa shape index (κ2) is 6.36. The van der Waals surface area contributed by atoms with E-state index >= 15 is 0 Å². The normalized spacial score (nSPS) is 17.9. The van der Waals surface area contributed by atoms with Gasteiger partial charge in [0.05, 0.1) is 6.61 Å². The van der Waals surface area contributed by atoms with E-state index in [9.17, 15) is 9.59 Å². The first-order valence-corrected chi connectivity index (χ1v) is 6.78. The predicted molar refractivity (Wildman–Crippen MR) is 74.6 cm³/mol. The van der Waals surface area contributed by atoms with Crippen molar-refractivity contribution in [1.29, 1.82) is 0 Å². The van der Waals surface area contributed by atoms with Crippen LogP contribution in [-0.4, -0.2) is 43.1 Å². The lowest BCUT2D eigenvalue weighted by molar-refractivity contribution is -0.144. The van der Waals surface area contributed by atoms with E-state index in [1.54, 1.807) is 26.2 Å². The second-order valence-corrected chi connectivity index (χ2v) is 4.58. The molecule has 2 rings (SSSR count). The summed E-state index contributed by atoms with van der Waals surface area (Å²) in [4.78, 5) is 29.6. The van der Waals surface area contributed by atoms with E-state index in [1.807, 2.05) is 11.0 Å². The first-order chi connectivity index (χ1) is 9.67. The van der Waals surface area contributed by atoms with Crippen molar-refractivity contribution in [3.05, 3.63) is 24.0 Å². The largest absolute Gasteiger partial charge is 0.464 e. The quantitative estimate of drug-likeness (QED) is 0.830. The number of ether oxygens (including phenoxy) is 1. The van der Waals surface area contributed by atoms with Gasteiger partial charge < -0.3 is 15.0 Å². The molecule has 0 bridgehead atoms. The number of rotatable bonds is 4. The van der Waals surface area contributed by atoms with Gasteiger partial charge in [-0.2, -0.15) is 0 Å². The Morgan fingerprint density at radius 1 is 1.55 bits per heavy atom. The van der Waals surface area contributed by atoms with Gasteiger partial charge in [0.25, 0.3) is 5.91 Å². The number of pyridine rings is 1. The van der Waals surface area contributed by atoms with E-state index in [-0.39, 0.29) is 17.9 Å². The van der Waals surface area contributed by atoms with Crippen molar-refractivity contribution in [2.75, 3.05) is 25.1 Å². The van der Waals surface area contributed by atoms with Gasteiger partial charge in [-0.15, -0.1) is 0 Å². The first kappa shape index (κ1) is 14.3. The van der Waals surface area contributed by atoms with Gasteiger partial charge in [0.1, 0.15) is 11.7 Å². The molecule has 1 fully saturated rings. The number of anilines is 1. The molecule has 0 radical (unpaired) electrons. The molecule has 6 nitrogen and oxygen atoms in total. The van der Waals surface area contributed by atoms with Crippen molar-refractivity contribution >= 4 is 17.6 Å². The minimum atomic E-state index is -0.269. The summed E-state index contributed by atoms with van der Waals surface area (Å²) in [6, 6.07) is 3.25. The molecule has 1 saturated heterocycles. The molecule has 0 saturated carbocycles. The number of carbonyl (C=O) groups is 2. The number of nitrogens with one attached hydrogen (secondary N) is 1. The van der Waals surface area contributed by atoms with Crippen molar-refractivity contribution in [3.63, 3.8) is 0 Å². The average Bonchev–Trinajstić information content (AvgIpc) is 2.96. The number of amides is 1. The Bertz CT molecular complexity index is 504. The van der Waals surface area contributed by atoms with Gasteiger partial charge in [-0.1, -0.05) is 0 Å². The lowest BCUT2D eigenvalue weighted by atomic mass is 10.2. The predicted octanol–water partition coefficient (Wildman–Crippen LogP) is 0.973. The summed E-state index contributed by atoms with van der Waals surface area (Å²) in [5.41, 5.74) is 1.17. The Hall–Kier alpha value is -2.11. The molecule has 1 aliphatic heterocycles. The summed E-state index contributed by atoms with van der Waals surface area (Å²) in [7, 11) is 1.56. The van der Waals surface area contributed by atoms with Crippen LogP contribution < -0.4 is 10.2 Å². The van der Waals surface area contributed by atoms with Crippen LogP contribution in [-0.2, 0) is 9.53 Å². The van der Waals surface area contributed by atoms with Crippen LogP contribution in [0.15, 0.2) is 18.3 Å². The average molecular weight is 277 g/mol. The highest BCUT2D eigenvalue weighted by molar-refractivity contribution is 5.93. The molecule has 0 aliphatic carbocycles. The molecule has 1 aromatic rings. The lowest BCUT2D eigenvalue weighted by Crippen LogP contribution is -2.37. The van der Waals surface area contributed by atoms with Crippen LogP contribution in [0.3, 0.4) is 0 Å². The van der Waals surface area contributed by atoms with Crippen LogP contribution in [0.5, 0.6) is 0 Å². The van der Waals surface area contributed by atoms with Crippen LogP contribution in [0.4, 0.5) is 5.69 Å². The Morgan fingerprint density at radius 2 is 2.35 bits per heavy atom. The molecule has 1 atom stereocenters. The summed E-state index contributed by atoms with van der Waals surface area (Å²) in [5.74, 6) is -0.443. The maximum atomic E-state index is 11.9. The molecule has 1 aromatic heterocycles. The molecule has 1 N–H and O–H groups in total. The fraction of sp³-hybridized carbons (Fsp3) is 0.500. The zero-order valence-corrected chi connectivity index (χ0v) is 11.8. The SMILES string of the molecule is CCOC(=O)C1CCCN1c1ccnc(C(=O)NC)c1. The molecule has 1 amide bonds. The van der Waals surface area contributed by atoms with Gasteiger partial charge in [0.2, 0.25) is 0 Å². The Kier molecular flexibility index (Phi) is 4.55. The van der Waals surface area contributed by atoms with Gasteiger partial charge >= 0.3 is 5.97 Å². The van der Waals surface area contributed by atoms with Crippen molar-refractivity contribution in [2.24, 2.45) is 0 Å². The molecule has 0 spiro atoms. The van der Waals surface area contributed by atoms with Crippen LogP contribution in [0.1, 0.15) is 30.3 Å². The monoisotopic (exact) mass is 277 g/mol. The smallest absolute Gasteiger partial charge is 0.328 e. The van der Waals surface area contributed by atoms with Crippen molar-refractivity contribution < 1.29 is 14.3 Å². The first-order valence-electron chi connectivity index (χ1n) is 6.78. The molecule has 2 heterocycles. The van der Waals surface area contributed by atoms with E-state index in [2.05, 4.69) is 10.3 Å². The van der Waals surface area contributed by atoms with E-state index in [1.165, 1.54) is 0 Å². The van der Waals surface area contributed by atoms with E-state index in [4.69, 9.17) is 4.74 Å². The van der Waals surface area contributed by atoms with Crippen molar-refractivity contribution in [2.45, 2.75) is 25.8 Å². The number of nitrogens with zero attached hydrogens (tertiary/aromatic N) is 2. The summed E-state index contributed by atoms with van der Waals surface area (Å²) < 4.78 is 5.10. The topological polar surface area (TPSA) is 71.5 Å². The van der Waals surface area contributed by atoms with Gasteiger partial charge in [0, 0.05) is 25.5 Å². The minimum Gasteiger partial charge on any atom is -0.464 e.